The lowest BCUT2D eigenvalue weighted by molar-refractivity contribution is -0.139. The summed E-state index contributed by atoms with van der Waals surface area (Å²) in [7, 11) is 0. The zero-order valence-corrected chi connectivity index (χ0v) is 22.2. The van der Waals surface area contributed by atoms with Crippen LogP contribution < -0.4 is 22.8 Å². The van der Waals surface area contributed by atoms with E-state index in [1.54, 1.807) is 43.0 Å². The number of allylic oxidation sites excluding steroid dienone is 2. The van der Waals surface area contributed by atoms with Crippen LogP contribution in [0, 0.1) is 23.7 Å². The Bertz CT molecular complexity index is 2040. The summed E-state index contributed by atoms with van der Waals surface area (Å²) in [6.45, 7) is 0. The van der Waals surface area contributed by atoms with Crippen molar-refractivity contribution in [2.75, 3.05) is 0 Å². The number of benzene rings is 2. The second-order valence-electron chi connectivity index (χ2n) is 13.0. The monoisotopic (exact) mass is 548 g/mol. The van der Waals surface area contributed by atoms with E-state index in [4.69, 9.17) is 0 Å². The van der Waals surface area contributed by atoms with Crippen LogP contribution in [0.4, 0.5) is 0 Å². The highest BCUT2D eigenvalue weighted by atomic mass is 16.2. The van der Waals surface area contributed by atoms with Gasteiger partial charge in [0.15, 0.2) is 0 Å². The lowest BCUT2D eigenvalue weighted by atomic mass is 9.44. The molecular weight excluding hydrogens is 520 g/mol. The van der Waals surface area contributed by atoms with Gasteiger partial charge >= 0.3 is 22.8 Å². The van der Waals surface area contributed by atoms with Crippen LogP contribution in [0.3, 0.4) is 0 Å². The average Bonchev–Trinajstić information content (AvgIpc) is 3.70. The Morgan fingerprint density at radius 2 is 1.10 bits per heavy atom. The molecule has 10 nitrogen and oxygen atoms in total. The van der Waals surface area contributed by atoms with Crippen LogP contribution in [-0.4, -0.2) is 27.9 Å². The molecule has 2 aliphatic heterocycles. The summed E-state index contributed by atoms with van der Waals surface area (Å²) >= 11 is 0. The Balaban J connectivity index is 1.33. The third-order valence-corrected chi connectivity index (χ3v) is 11.6. The Labute approximate surface area is 232 Å². The van der Waals surface area contributed by atoms with Crippen molar-refractivity contribution in [2.45, 2.75) is 55.3 Å². The zero-order valence-electron chi connectivity index (χ0n) is 22.2. The van der Waals surface area contributed by atoms with Gasteiger partial charge in [0.1, 0.15) is 17.1 Å². The van der Waals surface area contributed by atoms with Gasteiger partial charge in [-0.2, -0.15) is 0 Å². The van der Waals surface area contributed by atoms with Crippen molar-refractivity contribution in [3.63, 3.8) is 0 Å². The third kappa shape index (κ3) is 2.16. The highest BCUT2D eigenvalue weighted by Crippen LogP contribution is 2.73. The first-order chi connectivity index (χ1) is 20.0. The molecule has 3 atom stereocenters. The molecule has 0 saturated heterocycles. The lowest BCUT2D eigenvalue weighted by Gasteiger charge is -2.63. The zero-order chi connectivity index (χ0) is 27.4. The molecule has 0 N–H and O–H groups in total. The fraction of sp³-hybridized carbons (Fsp3) is 0.419. The molecule has 2 aromatic heterocycles. The number of nitrogens with zero attached hydrogens (tertiary/aromatic N) is 6. The highest BCUT2D eigenvalue weighted by molar-refractivity contribution is 5.41. The van der Waals surface area contributed by atoms with Crippen molar-refractivity contribution >= 4 is 0 Å². The maximum absolute atomic E-state index is 14.6. The molecule has 41 heavy (non-hydrogen) atoms. The van der Waals surface area contributed by atoms with Gasteiger partial charge < -0.3 is 0 Å². The van der Waals surface area contributed by atoms with Gasteiger partial charge in [0.2, 0.25) is 0 Å². The molecule has 5 aliphatic carbocycles. The van der Waals surface area contributed by atoms with Crippen molar-refractivity contribution in [1.29, 1.82) is 0 Å². The van der Waals surface area contributed by atoms with Crippen molar-refractivity contribution in [1.82, 2.24) is 27.9 Å². The summed E-state index contributed by atoms with van der Waals surface area (Å²) in [5, 5.41) is 0. The number of rotatable bonds is 2. The molecule has 6 bridgehead atoms. The maximum Gasteiger partial charge on any atom is 0.352 e. The summed E-state index contributed by atoms with van der Waals surface area (Å²) < 4.78 is 9.21. The minimum absolute atomic E-state index is 0.121. The van der Waals surface area contributed by atoms with Crippen LogP contribution in [-0.2, 0) is 11.1 Å². The van der Waals surface area contributed by atoms with Crippen LogP contribution in [0.15, 0.2) is 92.0 Å². The van der Waals surface area contributed by atoms with Crippen LogP contribution in [0.2, 0.25) is 0 Å². The van der Waals surface area contributed by atoms with Crippen LogP contribution in [0.5, 0.6) is 0 Å². The van der Waals surface area contributed by atoms with Crippen molar-refractivity contribution in [3.05, 3.63) is 115 Å². The van der Waals surface area contributed by atoms with E-state index < -0.39 is 40.2 Å². The first-order valence-electron chi connectivity index (χ1n) is 14.7. The Hall–Kier alpha value is -4.34. The first-order valence-corrected chi connectivity index (χ1v) is 14.7. The normalized spacial score (nSPS) is 36.3. The van der Waals surface area contributed by atoms with E-state index in [0.717, 1.165) is 25.7 Å². The maximum atomic E-state index is 14.6. The molecule has 7 aliphatic rings. The van der Waals surface area contributed by atoms with E-state index >= 15 is 0 Å². The smallest absolute Gasteiger partial charge is 0.245 e. The van der Waals surface area contributed by atoms with Gasteiger partial charge in [0, 0.05) is 0 Å². The number of hydrogen-bond donors (Lipinski definition) is 0. The van der Waals surface area contributed by atoms with Gasteiger partial charge in [-0.3, -0.25) is 0 Å². The topological polar surface area (TPSA) is 97.9 Å². The quantitative estimate of drug-likeness (QED) is 0.359. The van der Waals surface area contributed by atoms with E-state index in [9.17, 15) is 19.2 Å². The number of hydrogen-bond acceptors (Lipinski definition) is 4. The van der Waals surface area contributed by atoms with E-state index in [-0.39, 0.29) is 17.5 Å². The van der Waals surface area contributed by atoms with E-state index in [0.29, 0.717) is 23.2 Å². The SMILES string of the molecule is O=c1n(-c2ccccc2)c(=O)n2n1[C@@H]1[C@H]3C=C[C@@]1(n1c(=O)n(-c4ccccc4)c(=O)n13)C21C2CC3CC(C2)CC1C3. The Kier molecular flexibility index (Phi) is 3.78. The standard InChI is InChI=1S/C31H28N6O4/c38-26-32(22-7-3-1-4-8-22)28(40)36-30-12-11-24(34(26)36)25(30)35-27(39)33(23-9-5-2-6-10-23)29(41)37(35)31(30)20-14-18-13-19(16-20)17-21(31)15-18/h1-12,18-21,24-25H,13-17H2/t18?,19?,20?,21?,24-,25-,30+,31?/m1/s1. The van der Waals surface area contributed by atoms with Crippen LogP contribution >= 0.6 is 0 Å². The van der Waals surface area contributed by atoms with Gasteiger partial charge in [-0.15, -0.1) is 0 Å². The summed E-state index contributed by atoms with van der Waals surface area (Å²) in [6, 6.07) is 17.0. The second-order valence-corrected chi connectivity index (χ2v) is 13.0. The van der Waals surface area contributed by atoms with E-state index in [1.165, 1.54) is 15.6 Å². The minimum Gasteiger partial charge on any atom is -0.245 e. The molecule has 206 valence electrons. The minimum atomic E-state index is -1.01. The third-order valence-electron chi connectivity index (χ3n) is 11.6. The molecule has 0 amide bonds. The van der Waals surface area contributed by atoms with Gasteiger partial charge in [0.25, 0.3) is 0 Å². The van der Waals surface area contributed by atoms with E-state index in [1.807, 2.05) is 42.5 Å². The number of para-hydroxylation sites is 2. The van der Waals surface area contributed by atoms with Gasteiger partial charge in [-0.25, -0.2) is 47.0 Å². The molecule has 4 saturated carbocycles. The van der Waals surface area contributed by atoms with Crippen molar-refractivity contribution < 1.29 is 0 Å². The molecule has 11 rings (SSSR count). The summed E-state index contributed by atoms with van der Waals surface area (Å²) in [6.07, 6.45) is 9.19. The molecule has 1 spiro atoms. The largest absolute Gasteiger partial charge is 0.352 e. The molecule has 0 radical (unpaired) electrons. The number of fused-ring (bicyclic) bond motifs is 3. The average molecular weight is 549 g/mol. The Morgan fingerprint density at radius 3 is 1.66 bits per heavy atom. The van der Waals surface area contributed by atoms with Crippen molar-refractivity contribution in [2.24, 2.45) is 23.7 Å². The van der Waals surface area contributed by atoms with Crippen LogP contribution in [0.1, 0.15) is 44.2 Å². The molecule has 10 heteroatoms. The number of aromatic nitrogens is 6. The Morgan fingerprint density at radius 1 is 0.585 bits per heavy atom. The predicted octanol–water partition coefficient (Wildman–Crippen LogP) is 2.14. The molecule has 4 fully saturated rings. The lowest BCUT2D eigenvalue weighted by Crippen LogP contribution is -2.69. The van der Waals surface area contributed by atoms with Crippen LogP contribution in [0.25, 0.3) is 11.4 Å². The van der Waals surface area contributed by atoms with E-state index in [2.05, 4.69) is 6.08 Å². The summed E-state index contributed by atoms with van der Waals surface area (Å²) in [4.78, 5) is 57.5. The molecule has 4 heterocycles. The molecule has 2 aromatic carbocycles. The fourth-order valence-electron chi connectivity index (χ4n) is 10.8. The molecule has 0 unspecified atom stereocenters. The fourth-order valence-corrected chi connectivity index (χ4v) is 10.8. The highest BCUT2D eigenvalue weighted by Gasteiger charge is 2.80. The van der Waals surface area contributed by atoms with Crippen molar-refractivity contribution in [3.8, 4) is 11.4 Å². The van der Waals surface area contributed by atoms with Gasteiger partial charge in [-0.05, 0) is 80.0 Å². The first kappa shape index (κ1) is 22.4. The molecular formula is C31H28N6O4. The second kappa shape index (κ2) is 6.92. The summed E-state index contributed by atoms with van der Waals surface area (Å²) in [5.41, 5.74) is -2.34. The van der Waals surface area contributed by atoms with Gasteiger partial charge in [-0.1, -0.05) is 48.6 Å². The molecule has 4 aromatic rings. The van der Waals surface area contributed by atoms with Gasteiger partial charge in [0.05, 0.1) is 17.4 Å². The predicted molar refractivity (Wildman–Crippen MR) is 149 cm³/mol. The summed E-state index contributed by atoms with van der Waals surface area (Å²) in [5.74, 6) is 1.44.